The molecule has 2 aromatic carbocycles. The van der Waals surface area contributed by atoms with Crippen molar-refractivity contribution in [2.45, 2.75) is 11.1 Å². The van der Waals surface area contributed by atoms with Gasteiger partial charge in [-0.25, -0.2) is 8.42 Å². The van der Waals surface area contributed by atoms with Gasteiger partial charge in [-0.2, -0.15) is 0 Å². The Balaban J connectivity index is 1.95. The zero-order valence-corrected chi connectivity index (χ0v) is 11.4. The summed E-state index contributed by atoms with van der Waals surface area (Å²) in [6.07, 6.45) is -0.740. The summed E-state index contributed by atoms with van der Waals surface area (Å²) < 4.78 is 25.6. The van der Waals surface area contributed by atoms with E-state index in [1.54, 1.807) is 30.3 Å². The summed E-state index contributed by atoms with van der Waals surface area (Å²) in [5, 5.41) is 10.9. The average Bonchev–Trinajstić information content (AvgIpc) is 3.29. The maximum Gasteiger partial charge on any atom is 0.289 e. The molecule has 0 aromatic heterocycles. The molecule has 0 radical (unpaired) electrons. The van der Waals surface area contributed by atoms with Crippen LogP contribution in [0.2, 0.25) is 0 Å². The van der Waals surface area contributed by atoms with E-state index in [4.69, 9.17) is 4.84 Å². The van der Waals surface area contributed by atoms with Crippen molar-refractivity contribution in [1.82, 2.24) is 4.47 Å². The van der Waals surface area contributed by atoms with Crippen LogP contribution in [-0.2, 0) is 14.9 Å². The third-order valence-electron chi connectivity index (χ3n) is 3.01. The van der Waals surface area contributed by atoms with E-state index in [1.165, 1.54) is 18.2 Å². The zero-order chi connectivity index (χ0) is 15.0. The van der Waals surface area contributed by atoms with E-state index in [-0.39, 0.29) is 4.90 Å². The minimum Gasteiger partial charge on any atom is -0.258 e. The van der Waals surface area contributed by atoms with E-state index in [0.717, 1.165) is 10.5 Å². The smallest absolute Gasteiger partial charge is 0.258 e. The predicted octanol–water partition coefficient (Wildman–Crippen LogP) is 2.23. The summed E-state index contributed by atoms with van der Waals surface area (Å²) in [5.41, 5.74) is 0.194. The molecule has 1 heterocycles. The predicted molar refractivity (Wildman–Crippen MR) is 72.4 cm³/mol. The van der Waals surface area contributed by atoms with Crippen LogP contribution in [0.4, 0.5) is 5.69 Å². The minimum absolute atomic E-state index is 0.381. The molecular formula is C13H10N2O5S. The lowest BCUT2D eigenvalue weighted by atomic mass is 10.2. The molecule has 1 aliphatic heterocycles. The van der Waals surface area contributed by atoms with Crippen molar-refractivity contribution in [2.75, 3.05) is 0 Å². The number of para-hydroxylation sites is 1. The van der Waals surface area contributed by atoms with E-state index < -0.39 is 26.9 Å². The summed E-state index contributed by atoms with van der Waals surface area (Å²) in [6, 6.07) is 13.9. The van der Waals surface area contributed by atoms with Crippen molar-refractivity contribution in [2.24, 2.45) is 0 Å². The first-order chi connectivity index (χ1) is 10.0. The van der Waals surface area contributed by atoms with Gasteiger partial charge in [0.15, 0.2) is 11.1 Å². The molecule has 0 saturated carbocycles. The van der Waals surface area contributed by atoms with Crippen LogP contribution in [0, 0.1) is 10.1 Å². The summed E-state index contributed by atoms with van der Waals surface area (Å²) >= 11 is 0. The fourth-order valence-electron chi connectivity index (χ4n) is 1.98. The molecule has 1 unspecified atom stereocenters. The van der Waals surface area contributed by atoms with Crippen LogP contribution in [-0.4, -0.2) is 17.8 Å². The Bertz CT molecular complexity index is 791. The van der Waals surface area contributed by atoms with Gasteiger partial charge in [-0.15, -0.1) is 0 Å². The Kier molecular flexibility index (Phi) is 3.20. The monoisotopic (exact) mass is 306 g/mol. The number of hydrogen-bond acceptors (Lipinski definition) is 5. The van der Waals surface area contributed by atoms with Gasteiger partial charge in [0.25, 0.3) is 15.7 Å². The maximum atomic E-state index is 12.4. The topological polar surface area (TPSA) is 92.8 Å². The van der Waals surface area contributed by atoms with Crippen LogP contribution < -0.4 is 0 Å². The van der Waals surface area contributed by atoms with Crippen molar-refractivity contribution >= 4 is 15.7 Å². The number of sulfonamides is 1. The van der Waals surface area contributed by atoms with Crippen LogP contribution in [0.1, 0.15) is 11.8 Å². The zero-order valence-electron chi connectivity index (χ0n) is 10.6. The van der Waals surface area contributed by atoms with E-state index in [1.807, 2.05) is 0 Å². The molecule has 1 saturated heterocycles. The number of nitro benzene ring substituents is 1. The third kappa shape index (κ3) is 2.40. The molecule has 7 nitrogen and oxygen atoms in total. The highest BCUT2D eigenvalue weighted by Gasteiger charge is 2.50. The lowest BCUT2D eigenvalue weighted by molar-refractivity contribution is -0.387. The Hall–Kier alpha value is -2.29. The molecule has 0 bridgehead atoms. The van der Waals surface area contributed by atoms with Gasteiger partial charge in [0, 0.05) is 11.6 Å². The van der Waals surface area contributed by atoms with Gasteiger partial charge in [0.05, 0.1) is 4.92 Å². The number of nitro groups is 1. The van der Waals surface area contributed by atoms with Crippen molar-refractivity contribution in [3.63, 3.8) is 0 Å². The summed E-state index contributed by atoms with van der Waals surface area (Å²) in [6.45, 7) is 0. The van der Waals surface area contributed by atoms with E-state index in [0.29, 0.717) is 5.56 Å². The summed E-state index contributed by atoms with van der Waals surface area (Å²) in [7, 11) is -4.07. The largest absolute Gasteiger partial charge is 0.289 e. The van der Waals surface area contributed by atoms with Crippen molar-refractivity contribution in [3.05, 3.63) is 70.3 Å². The van der Waals surface area contributed by atoms with Crippen molar-refractivity contribution in [3.8, 4) is 0 Å². The fourth-order valence-corrected chi connectivity index (χ4v) is 3.40. The highest BCUT2D eigenvalue weighted by Crippen LogP contribution is 2.43. The molecule has 1 aliphatic rings. The highest BCUT2D eigenvalue weighted by molar-refractivity contribution is 7.89. The lowest BCUT2D eigenvalue weighted by Gasteiger charge is -2.03. The normalized spacial score (nSPS) is 21.0. The summed E-state index contributed by atoms with van der Waals surface area (Å²) in [5.74, 6) is 0. The molecular weight excluding hydrogens is 296 g/mol. The molecule has 2 atom stereocenters. The number of hydrogen-bond donors (Lipinski definition) is 0. The fraction of sp³-hybridized carbons (Fsp3) is 0.0769. The second-order valence-corrected chi connectivity index (χ2v) is 6.10. The van der Waals surface area contributed by atoms with Crippen LogP contribution in [0.15, 0.2) is 59.5 Å². The Labute approximate surface area is 120 Å². The van der Waals surface area contributed by atoms with Gasteiger partial charge in [-0.1, -0.05) is 42.5 Å². The molecule has 1 fully saturated rings. The Morgan fingerprint density at radius 1 is 1.05 bits per heavy atom. The number of nitrogens with zero attached hydrogens (tertiary/aromatic N) is 2. The van der Waals surface area contributed by atoms with Gasteiger partial charge >= 0.3 is 0 Å². The van der Waals surface area contributed by atoms with E-state index in [9.17, 15) is 18.5 Å². The molecule has 0 amide bonds. The van der Waals surface area contributed by atoms with Crippen molar-refractivity contribution in [1.29, 1.82) is 0 Å². The lowest BCUT2D eigenvalue weighted by Crippen LogP contribution is -2.14. The van der Waals surface area contributed by atoms with Crippen LogP contribution in [0.3, 0.4) is 0 Å². The maximum absolute atomic E-state index is 12.4. The third-order valence-corrected chi connectivity index (χ3v) is 4.66. The Morgan fingerprint density at radius 2 is 1.67 bits per heavy atom. The molecule has 2 aromatic rings. The second-order valence-electron chi connectivity index (χ2n) is 4.35. The van der Waals surface area contributed by atoms with E-state index >= 15 is 0 Å². The molecule has 8 heteroatoms. The second kappa shape index (κ2) is 4.92. The Morgan fingerprint density at radius 3 is 2.33 bits per heavy atom. The van der Waals surface area contributed by atoms with Gasteiger partial charge < -0.3 is 0 Å². The van der Waals surface area contributed by atoms with Gasteiger partial charge in [0.1, 0.15) is 0 Å². The van der Waals surface area contributed by atoms with Crippen LogP contribution >= 0.6 is 0 Å². The highest BCUT2D eigenvalue weighted by atomic mass is 32.2. The van der Waals surface area contributed by atoms with Crippen LogP contribution in [0.5, 0.6) is 0 Å². The first-order valence-corrected chi connectivity index (χ1v) is 7.45. The molecule has 108 valence electrons. The SMILES string of the molecule is O=[N+]([O-])c1ccccc1S(=O)(=O)N1O[C@H]1c1ccccc1. The molecule has 0 N–H and O–H groups in total. The standard InChI is InChI=1S/C13H10N2O5S/c16-14(17)11-8-4-5-9-12(11)21(18,19)15-13(20-15)10-6-2-1-3-7-10/h1-9,13H/t13-,15?/m0/s1. The minimum atomic E-state index is -4.07. The average molecular weight is 306 g/mol. The first kappa shape index (κ1) is 13.7. The van der Waals surface area contributed by atoms with Gasteiger partial charge in [-0.3, -0.25) is 15.0 Å². The molecule has 3 rings (SSSR count). The molecule has 0 aliphatic carbocycles. The van der Waals surface area contributed by atoms with E-state index in [2.05, 4.69) is 0 Å². The van der Waals surface area contributed by atoms with Gasteiger partial charge in [-0.05, 0) is 10.5 Å². The number of benzene rings is 2. The molecule has 21 heavy (non-hydrogen) atoms. The number of hydroxylamine groups is 1. The van der Waals surface area contributed by atoms with Crippen molar-refractivity contribution < 1.29 is 18.2 Å². The van der Waals surface area contributed by atoms with Crippen LogP contribution in [0.25, 0.3) is 0 Å². The summed E-state index contributed by atoms with van der Waals surface area (Å²) in [4.78, 5) is 14.9. The quantitative estimate of drug-likeness (QED) is 0.490. The number of rotatable bonds is 4. The van der Waals surface area contributed by atoms with Gasteiger partial charge in [0.2, 0.25) is 0 Å². The molecule has 0 spiro atoms. The first-order valence-electron chi connectivity index (χ1n) is 6.01.